The van der Waals surface area contributed by atoms with Gasteiger partial charge in [-0.05, 0) is 24.3 Å². The smallest absolute Gasteiger partial charge is 0.340 e. The highest BCUT2D eigenvalue weighted by Gasteiger charge is 2.17. The maximum absolute atomic E-state index is 12.1. The van der Waals surface area contributed by atoms with Crippen LogP contribution in [0, 0.1) is 0 Å². The summed E-state index contributed by atoms with van der Waals surface area (Å²) < 4.78 is 10.0. The minimum Gasteiger partial charge on any atom is -0.497 e. The minimum absolute atomic E-state index is 0.172. The van der Waals surface area contributed by atoms with Crippen molar-refractivity contribution in [3.63, 3.8) is 0 Å². The second kappa shape index (κ2) is 9.59. The van der Waals surface area contributed by atoms with E-state index < -0.39 is 24.4 Å². The van der Waals surface area contributed by atoms with Crippen molar-refractivity contribution >= 4 is 35.1 Å². The van der Waals surface area contributed by atoms with E-state index in [2.05, 4.69) is 5.32 Å². The fraction of sp³-hybridized carbons (Fsp3) is 0.211. The lowest BCUT2D eigenvalue weighted by Crippen LogP contribution is -2.37. The largest absolute Gasteiger partial charge is 0.497 e. The van der Waals surface area contributed by atoms with Crippen LogP contribution in [0.2, 0.25) is 5.02 Å². The molecule has 0 aliphatic heterocycles. The lowest BCUT2D eigenvalue weighted by molar-refractivity contribution is -0.136. The van der Waals surface area contributed by atoms with Crippen molar-refractivity contribution in [1.82, 2.24) is 4.90 Å². The highest BCUT2D eigenvalue weighted by molar-refractivity contribution is 6.33. The number of likely N-dealkylation sites (N-methyl/N-ethyl adjacent to an activating group) is 1. The fourth-order valence-corrected chi connectivity index (χ4v) is 2.36. The van der Waals surface area contributed by atoms with Gasteiger partial charge in [0.05, 0.1) is 24.2 Å². The highest BCUT2D eigenvalue weighted by Crippen LogP contribution is 2.17. The molecule has 0 aliphatic carbocycles. The molecule has 0 saturated heterocycles. The maximum Gasteiger partial charge on any atom is 0.340 e. The zero-order chi connectivity index (χ0) is 19.8. The summed E-state index contributed by atoms with van der Waals surface area (Å²) in [5, 5.41) is 2.90. The number of hydrogen-bond donors (Lipinski definition) is 1. The predicted molar refractivity (Wildman–Crippen MR) is 101 cm³/mol. The van der Waals surface area contributed by atoms with E-state index in [9.17, 15) is 14.4 Å². The van der Waals surface area contributed by atoms with Crippen LogP contribution in [-0.4, -0.2) is 50.0 Å². The monoisotopic (exact) mass is 390 g/mol. The summed E-state index contributed by atoms with van der Waals surface area (Å²) in [5.74, 6) is -1.01. The zero-order valence-electron chi connectivity index (χ0n) is 14.9. The molecular formula is C19H19ClN2O5. The lowest BCUT2D eigenvalue weighted by Gasteiger charge is -2.17. The van der Waals surface area contributed by atoms with Crippen LogP contribution in [-0.2, 0) is 14.3 Å². The number of esters is 1. The highest BCUT2D eigenvalue weighted by atomic mass is 35.5. The number of anilines is 1. The normalized spacial score (nSPS) is 10.0. The van der Waals surface area contributed by atoms with Crippen LogP contribution >= 0.6 is 11.6 Å². The van der Waals surface area contributed by atoms with Crippen molar-refractivity contribution in [3.8, 4) is 5.75 Å². The second-order valence-electron chi connectivity index (χ2n) is 5.59. The number of ether oxygens (including phenoxy) is 2. The van der Waals surface area contributed by atoms with E-state index in [1.165, 1.54) is 20.2 Å². The topological polar surface area (TPSA) is 84.9 Å². The molecule has 0 radical (unpaired) electrons. The van der Waals surface area contributed by atoms with Crippen LogP contribution in [0.25, 0.3) is 0 Å². The molecule has 0 aliphatic rings. The minimum atomic E-state index is -0.705. The fourth-order valence-electron chi connectivity index (χ4n) is 2.15. The number of carbonyl (C=O) groups excluding carboxylic acids is 3. The van der Waals surface area contributed by atoms with Crippen molar-refractivity contribution in [2.24, 2.45) is 0 Å². The van der Waals surface area contributed by atoms with Gasteiger partial charge in [0.1, 0.15) is 5.75 Å². The van der Waals surface area contributed by atoms with Crippen molar-refractivity contribution in [3.05, 3.63) is 59.1 Å². The molecule has 0 unspecified atom stereocenters. The van der Waals surface area contributed by atoms with Gasteiger partial charge in [0.25, 0.3) is 5.91 Å². The lowest BCUT2D eigenvalue weighted by atomic mass is 10.2. The van der Waals surface area contributed by atoms with Crippen molar-refractivity contribution in [2.75, 3.05) is 32.6 Å². The third-order valence-corrected chi connectivity index (χ3v) is 3.91. The first-order chi connectivity index (χ1) is 12.9. The number of nitrogens with one attached hydrogen (secondary N) is 1. The molecule has 0 atom stereocenters. The van der Waals surface area contributed by atoms with Gasteiger partial charge in [-0.25, -0.2) is 4.79 Å². The average molecular weight is 391 g/mol. The Morgan fingerprint density at radius 2 is 1.85 bits per heavy atom. The van der Waals surface area contributed by atoms with Gasteiger partial charge in [-0.1, -0.05) is 29.8 Å². The van der Waals surface area contributed by atoms with Crippen LogP contribution in [0.5, 0.6) is 5.75 Å². The molecule has 27 heavy (non-hydrogen) atoms. The molecule has 2 aromatic rings. The molecule has 2 rings (SSSR count). The zero-order valence-corrected chi connectivity index (χ0v) is 15.7. The molecule has 0 saturated carbocycles. The quantitative estimate of drug-likeness (QED) is 0.734. The van der Waals surface area contributed by atoms with Gasteiger partial charge in [0.2, 0.25) is 5.91 Å². The number of halogens is 1. The Labute approximate surface area is 161 Å². The summed E-state index contributed by atoms with van der Waals surface area (Å²) in [6, 6.07) is 13.2. The summed E-state index contributed by atoms with van der Waals surface area (Å²) in [6.07, 6.45) is 0. The van der Waals surface area contributed by atoms with Crippen molar-refractivity contribution in [1.29, 1.82) is 0 Å². The van der Waals surface area contributed by atoms with Crippen LogP contribution in [0.3, 0.4) is 0 Å². The SMILES string of the molecule is COc1cccc(NC(=O)CN(C)C(=O)COC(=O)c2ccccc2Cl)c1. The molecule has 2 aromatic carbocycles. The van der Waals surface area contributed by atoms with Crippen molar-refractivity contribution < 1.29 is 23.9 Å². The molecular weight excluding hydrogens is 372 g/mol. The molecule has 0 spiro atoms. The predicted octanol–water partition coefficient (Wildman–Crippen LogP) is 2.60. The number of methoxy groups -OCH3 is 1. The van der Waals surface area contributed by atoms with Gasteiger partial charge in [0, 0.05) is 18.8 Å². The number of nitrogens with zero attached hydrogens (tertiary/aromatic N) is 1. The number of rotatable bonds is 7. The standard InChI is InChI=1S/C19H19ClN2O5/c1-22(11-17(23)21-13-6-5-7-14(10-13)26-2)18(24)12-27-19(25)15-8-3-4-9-16(15)20/h3-10H,11-12H2,1-2H3,(H,21,23). The molecule has 0 bridgehead atoms. The first kappa shape index (κ1) is 20.3. The Bertz CT molecular complexity index is 840. The summed E-state index contributed by atoms with van der Waals surface area (Å²) in [7, 11) is 2.97. The molecule has 1 N–H and O–H groups in total. The first-order valence-electron chi connectivity index (χ1n) is 8.00. The number of hydrogen-bond acceptors (Lipinski definition) is 5. The van der Waals surface area contributed by atoms with E-state index in [1.54, 1.807) is 42.5 Å². The Balaban J connectivity index is 1.83. The van der Waals surface area contributed by atoms with Gasteiger partial charge in [0.15, 0.2) is 6.61 Å². The summed E-state index contributed by atoms with van der Waals surface area (Å²) in [6.45, 7) is -0.688. The van der Waals surface area contributed by atoms with E-state index in [1.807, 2.05) is 0 Å². The first-order valence-corrected chi connectivity index (χ1v) is 8.38. The Kier molecular flexibility index (Phi) is 7.19. The summed E-state index contributed by atoms with van der Waals surface area (Å²) >= 11 is 5.91. The average Bonchev–Trinajstić information content (AvgIpc) is 2.66. The van der Waals surface area contributed by atoms with Crippen molar-refractivity contribution in [2.45, 2.75) is 0 Å². The van der Waals surface area contributed by atoms with Gasteiger partial charge in [-0.3, -0.25) is 9.59 Å². The molecule has 0 fully saturated rings. The van der Waals surface area contributed by atoms with E-state index in [0.717, 1.165) is 4.90 Å². The molecule has 142 valence electrons. The van der Waals surface area contributed by atoms with Crippen LogP contribution < -0.4 is 10.1 Å². The van der Waals surface area contributed by atoms with Crippen LogP contribution in [0.1, 0.15) is 10.4 Å². The number of amides is 2. The summed E-state index contributed by atoms with van der Waals surface area (Å²) in [4.78, 5) is 37.2. The maximum atomic E-state index is 12.1. The van der Waals surface area contributed by atoms with E-state index in [-0.39, 0.29) is 17.1 Å². The van der Waals surface area contributed by atoms with Gasteiger partial charge in [-0.15, -0.1) is 0 Å². The molecule has 0 heterocycles. The molecule has 0 aromatic heterocycles. The molecule has 2 amide bonds. The van der Waals surface area contributed by atoms with Gasteiger partial charge < -0.3 is 19.7 Å². The Hall–Kier alpha value is -3.06. The number of carbonyl (C=O) groups is 3. The van der Waals surface area contributed by atoms with Crippen LogP contribution in [0.4, 0.5) is 5.69 Å². The third kappa shape index (κ3) is 6.00. The van der Waals surface area contributed by atoms with E-state index in [4.69, 9.17) is 21.1 Å². The van der Waals surface area contributed by atoms with Gasteiger partial charge in [-0.2, -0.15) is 0 Å². The second-order valence-corrected chi connectivity index (χ2v) is 5.99. The van der Waals surface area contributed by atoms with E-state index >= 15 is 0 Å². The Morgan fingerprint density at radius 1 is 1.11 bits per heavy atom. The Morgan fingerprint density at radius 3 is 2.56 bits per heavy atom. The van der Waals surface area contributed by atoms with E-state index in [0.29, 0.717) is 11.4 Å². The third-order valence-electron chi connectivity index (χ3n) is 3.58. The number of benzene rings is 2. The van der Waals surface area contributed by atoms with Gasteiger partial charge >= 0.3 is 5.97 Å². The van der Waals surface area contributed by atoms with Crippen LogP contribution in [0.15, 0.2) is 48.5 Å². The molecule has 8 heteroatoms. The summed E-state index contributed by atoms with van der Waals surface area (Å²) in [5.41, 5.74) is 0.718. The molecule has 7 nitrogen and oxygen atoms in total.